The topological polar surface area (TPSA) is 32.9 Å². The van der Waals surface area contributed by atoms with Crippen LogP contribution in [0.2, 0.25) is 0 Å². The van der Waals surface area contributed by atoms with Crippen molar-refractivity contribution in [2.75, 3.05) is 0 Å². The van der Waals surface area contributed by atoms with Crippen molar-refractivity contribution in [1.29, 1.82) is 0 Å². The lowest BCUT2D eigenvalue weighted by Gasteiger charge is -2.06. The summed E-state index contributed by atoms with van der Waals surface area (Å²) in [6.07, 6.45) is 2.40. The molecule has 0 spiro atoms. The van der Waals surface area contributed by atoms with Crippen LogP contribution in [0.15, 0.2) is 27.5 Å². The molecule has 1 N–H and O–H groups in total. The van der Waals surface area contributed by atoms with Gasteiger partial charge >= 0.3 is 0 Å². The highest BCUT2D eigenvalue weighted by molar-refractivity contribution is 9.10. The minimum atomic E-state index is 0.122. The first kappa shape index (κ1) is 10.1. The van der Waals surface area contributed by atoms with Gasteiger partial charge in [0.1, 0.15) is 0 Å². The van der Waals surface area contributed by atoms with E-state index >= 15 is 0 Å². The Hall–Kier alpha value is -1.09. The van der Waals surface area contributed by atoms with Gasteiger partial charge in [0.25, 0.3) is 0 Å². The first-order valence-electron chi connectivity index (χ1n) is 5.49. The molecule has 1 aromatic heterocycles. The zero-order chi connectivity index (χ0) is 11.3. The molecule has 0 bridgehead atoms. The van der Waals surface area contributed by atoms with Crippen molar-refractivity contribution in [3.8, 4) is 0 Å². The molecular formula is C13H12BrNO. The number of nitrogens with one attached hydrogen (secondary N) is 1. The molecule has 3 heteroatoms. The number of H-pyrrole nitrogens is 1. The quantitative estimate of drug-likeness (QED) is 0.851. The molecule has 1 heterocycles. The van der Waals surface area contributed by atoms with E-state index in [1.807, 2.05) is 19.1 Å². The Morgan fingerprint density at radius 2 is 2.12 bits per heavy atom. The molecule has 3 rings (SSSR count). The largest absolute Gasteiger partial charge is 0.357 e. The lowest BCUT2D eigenvalue weighted by molar-refractivity contribution is 1.04. The summed E-state index contributed by atoms with van der Waals surface area (Å²) in [4.78, 5) is 15.3. The van der Waals surface area contributed by atoms with Gasteiger partial charge < -0.3 is 4.98 Å². The predicted molar refractivity (Wildman–Crippen MR) is 69.0 cm³/mol. The van der Waals surface area contributed by atoms with E-state index in [9.17, 15) is 4.79 Å². The first-order chi connectivity index (χ1) is 7.66. The third-order valence-corrected chi connectivity index (χ3v) is 4.20. The summed E-state index contributed by atoms with van der Waals surface area (Å²) in [6, 6.07) is 5.62. The number of hydrogen-bond acceptors (Lipinski definition) is 1. The SMILES string of the molecule is Cc1ccc2c(=O)cc(C3CC3)[nH]c2c1Br. The van der Waals surface area contributed by atoms with Crippen molar-refractivity contribution in [1.82, 2.24) is 4.98 Å². The molecule has 82 valence electrons. The van der Waals surface area contributed by atoms with Crippen molar-refractivity contribution >= 4 is 26.8 Å². The number of benzene rings is 1. The standard InChI is InChI=1S/C13H12BrNO/c1-7-2-5-9-11(16)6-10(8-3-4-8)15-13(9)12(7)14/h2,5-6,8H,3-4H2,1H3,(H,15,16). The minimum absolute atomic E-state index is 0.122. The fourth-order valence-corrected chi connectivity index (χ4v) is 2.47. The molecule has 2 nitrogen and oxygen atoms in total. The molecule has 1 fully saturated rings. The van der Waals surface area contributed by atoms with Crippen molar-refractivity contribution in [3.63, 3.8) is 0 Å². The smallest absolute Gasteiger partial charge is 0.189 e. The average molecular weight is 278 g/mol. The van der Waals surface area contributed by atoms with E-state index in [0.717, 1.165) is 26.6 Å². The van der Waals surface area contributed by atoms with E-state index in [2.05, 4.69) is 20.9 Å². The monoisotopic (exact) mass is 277 g/mol. The summed E-state index contributed by atoms with van der Waals surface area (Å²) in [6.45, 7) is 2.03. The average Bonchev–Trinajstić information content (AvgIpc) is 3.07. The van der Waals surface area contributed by atoms with Gasteiger partial charge in [0.15, 0.2) is 5.43 Å². The Morgan fingerprint density at radius 1 is 1.38 bits per heavy atom. The van der Waals surface area contributed by atoms with Gasteiger partial charge in [-0.25, -0.2) is 0 Å². The summed E-state index contributed by atoms with van der Waals surface area (Å²) in [5, 5.41) is 0.766. The third-order valence-electron chi connectivity index (χ3n) is 3.17. The van der Waals surface area contributed by atoms with Crippen LogP contribution in [0.5, 0.6) is 0 Å². The van der Waals surface area contributed by atoms with Crippen LogP contribution in [0.25, 0.3) is 10.9 Å². The summed E-state index contributed by atoms with van der Waals surface area (Å²) < 4.78 is 1.00. The fourth-order valence-electron chi connectivity index (χ4n) is 2.02. The predicted octanol–water partition coefficient (Wildman–Crippen LogP) is 3.48. The number of halogens is 1. The number of fused-ring (bicyclic) bond motifs is 1. The van der Waals surface area contributed by atoms with Crippen LogP contribution in [0, 0.1) is 6.92 Å². The minimum Gasteiger partial charge on any atom is -0.357 e. The van der Waals surface area contributed by atoms with E-state index < -0.39 is 0 Å². The van der Waals surface area contributed by atoms with Crippen LogP contribution in [0.3, 0.4) is 0 Å². The summed E-state index contributed by atoms with van der Waals surface area (Å²) in [5.41, 5.74) is 3.30. The van der Waals surface area contributed by atoms with Crippen molar-refractivity contribution in [2.24, 2.45) is 0 Å². The van der Waals surface area contributed by atoms with E-state index in [1.54, 1.807) is 6.07 Å². The van der Waals surface area contributed by atoms with Gasteiger partial charge in [-0.3, -0.25) is 4.79 Å². The molecule has 1 aliphatic rings. The number of aryl methyl sites for hydroxylation is 1. The van der Waals surface area contributed by atoms with Crippen LogP contribution in [0.4, 0.5) is 0 Å². The molecule has 0 radical (unpaired) electrons. The van der Waals surface area contributed by atoms with Gasteiger partial charge in [0.2, 0.25) is 0 Å². The maximum absolute atomic E-state index is 12.0. The Bertz CT molecular complexity index is 626. The maximum atomic E-state index is 12.0. The normalized spacial score (nSPS) is 15.6. The molecule has 16 heavy (non-hydrogen) atoms. The Kier molecular flexibility index (Phi) is 2.18. The van der Waals surface area contributed by atoms with Crippen molar-refractivity contribution < 1.29 is 0 Å². The molecule has 1 aromatic carbocycles. The first-order valence-corrected chi connectivity index (χ1v) is 6.28. The molecule has 0 amide bonds. The molecule has 1 saturated carbocycles. The van der Waals surface area contributed by atoms with Gasteiger partial charge in [-0.2, -0.15) is 0 Å². The molecular weight excluding hydrogens is 266 g/mol. The lowest BCUT2D eigenvalue weighted by Crippen LogP contribution is -2.05. The van der Waals surface area contributed by atoms with E-state index in [4.69, 9.17) is 0 Å². The Morgan fingerprint density at radius 3 is 2.81 bits per heavy atom. The molecule has 0 aliphatic heterocycles. The molecule has 1 aliphatic carbocycles. The molecule has 0 unspecified atom stereocenters. The zero-order valence-electron chi connectivity index (χ0n) is 9.01. The van der Waals surface area contributed by atoms with Crippen molar-refractivity contribution in [2.45, 2.75) is 25.7 Å². The number of hydrogen-bond donors (Lipinski definition) is 1. The van der Waals surface area contributed by atoms with Crippen molar-refractivity contribution in [3.05, 3.63) is 44.2 Å². The number of aromatic amines is 1. The number of rotatable bonds is 1. The summed E-state index contributed by atoms with van der Waals surface area (Å²) in [5.74, 6) is 0.574. The Balaban J connectivity index is 2.38. The van der Waals surface area contributed by atoms with E-state index in [-0.39, 0.29) is 5.43 Å². The number of aromatic nitrogens is 1. The summed E-state index contributed by atoms with van der Waals surface area (Å²) >= 11 is 3.55. The maximum Gasteiger partial charge on any atom is 0.189 e. The molecule has 0 saturated heterocycles. The van der Waals surface area contributed by atoms with Gasteiger partial charge in [0.05, 0.1) is 5.52 Å². The fraction of sp³-hybridized carbons (Fsp3) is 0.308. The van der Waals surface area contributed by atoms with Crippen LogP contribution in [0.1, 0.15) is 30.0 Å². The van der Waals surface area contributed by atoms with Gasteiger partial charge in [0, 0.05) is 21.6 Å². The lowest BCUT2D eigenvalue weighted by atomic mass is 10.1. The molecule has 0 atom stereocenters. The third kappa shape index (κ3) is 1.50. The second-order valence-corrected chi connectivity index (χ2v) is 5.28. The van der Waals surface area contributed by atoms with Gasteiger partial charge in [-0.1, -0.05) is 6.07 Å². The highest BCUT2D eigenvalue weighted by atomic mass is 79.9. The molecule has 2 aromatic rings. The van der Waals surface area contributed by atoms with Crippen LogP contribution in [-0.4, -0.2) is 4.98 Å². The van der Waals surface area contributed by atoms with Crippen LogP contribution < -0.4 is 5.43 Å². The van der Waals surface area contributed by atoms with E-state index in [0.29, 0.717) is 5.92 Å². The van der Waals surface area contributed by atoms with Gasteiger partial charge in [-0.05, 0) is 53.2 Å². The highest BCUT2D eigenvalue weighted by Crippen LogP contribution is 2.39. The zero-order valence-corrected chi connectivity index (χ0v) is 10.6. The summed E-state index contributed by atoms with van der Waals surface area (Å²) in [7, 11) is 0. The Labute approximate surface area is 102 Å². The highest BCUT2D eigenvalue weighted by Gasteiger charge is 2.25. The van der Waals surface area contributed by atoms with Gasteiger partial charge in [-0.15, -0.1) is 0 Å². The van der Waals surface area contributed by atoms with Crippen LogP contribution in [-0.2, 0) is 0 Å². The number of pyridine rings is 1. The second kappa shape index (κ2) is 3.45. The van der Waals surface area contributed by atoms with E-state index in [1.165, 1.54) is 12.8 Å². The van der Waals surface area contributed by atoms with Crippen LogP contribution >= 0.6 is 15.9 Å². The second-order valence-electron chi connectivity index (χ2n) is 4.48.